The maximum atomic E-state index is 2.44. The van der Waals surface area contributed by atoms with E-state index in [0.717, 1.165) is 0 Å². The summed E-state index contributed by atoms with van der Waals surface area (Å²) in [4.78, 5) is 18.7. The van der Waals surface area contributed by atoms with Gasteiger partial charge in [-0.1, -0.05) is 108 Å². The highest BCUT2D eigenvalue weighted by Crippen LogP contribution is 2.57. The molecule has 9 heteroatoms. The van der Waals surface area contributed by atoms with Gasteiger partial charge >= 0.3 is 0 Å². The van der Waals surface area contributed by atoms with E-state index in [1.807, 2.05) is 69.3 Å². The molecule has 0 radical (unpaired) electrons. The summed E-state index contributed by atoms with van der Waals surface area (Å²) in [5.74, 6) is 0. The molecular formula is C54H33N3S6. The van der Waals surface area contributed by atoms with Gasteiger partial charge in [-0.2, -0.15) is 0 Å². The van der Waals surface area contributed by atoms with Gasteiger partial charge in [-0.25, -0.2) is 0 Å². The predicted octanol–water partition coefficient (Wildman–Crippen LogP) is 18.7. The molecule has 10 aromatic rings. The minimum Gasteiger partial charge on any atom is -0.300 e. The van der Waals surface area contributed by atoms with Crippen molar-refractivity contribution in [2.24, 2.45) is 0 Å². The zero-order valence-electron chi connectivity index (χ0n) is 33.3. The third-order valence-corrected chi connectivity index (χ3v) is 18.3. The molecule has 6 heterocycles. The van der Waals surface area contributed by atoms with Crippen molar-refractivity contribution < 1.29 is 0 Å². The third-order valence-electron chi connectivity index (χ3n) is 11.5. The van der Waals surface area contributed by atoms with Gasteiger partial charge < -0.3 is 0 Å². The molecule has 3 nitrogen and oxygen atoms in total. The van der Waals surface area contributed by atoms with Crippen molar-refractivity contribution in [2.75, 3.05) is 14.7 Å². The topological polar surface area (TPSA) is 9.72 Å². The maximum absolute atomic E-state index is 2.44. The highest BCUT2D eigenvalue weighted by molar-refractivity contribution is 8.00. The second-order valence-corrected chi connectivity index (χ2v) is 21.8. The molecule has 13 rings (SSSR count). The van der Waals surface area contributed by atoms with Crippen molar-refractivity contribution in [3.05, 3.63) is 200 Å². The minimum absolute atomic E-state index is 1.20. The van der Waals surface area contributed by atoms with Gasteiger partial charge in [0.05, 0.1) is 34.1 Å². The molecule has 0 saturated heterocycles. The summed E-state index contributed by atoms with van der Waals surface area (Å²) in [7, 11) is 0. The summed E-state index contributed by atoms with van der Waals surface area (Å²) >= 11 is 11.1. The standard InChI is InChI=1S/C54H33N3S6/c1-7-19-46-37(13-1)55(38-14-2-8-20-47(38)58-46)52-28-25-43(61-52)34-31-35(44-26-29-53(62-44)56-39-15-3-9-21-48(39)59-49-22-10-4-16-40(49)56)33-36(32-34)45-27-30-54(63-45)57-41-17-5-11-23-50(41)60-51-24-12-6-18-42(51)57/h1-33H. The number of thiophene rings is 3. The van der Waals surface area contributed by atoms with Crippen molar-refractivity contribution in [2.45, 2.75) is 29.4 Å². The van der Waals surface area contributed by atoms with E-state index >= 15 is 0 Å². The van der Waals surface area contributed by atoms with E-state index in [1.54, 1.807) is 0 Å². The quantitative estimate of drug-likeness (QED) is 0.163. The van der Waals surface area contributed by atoms with Crippen molar-refractivity contribution in [3.63, 3.8) is 0 Å². The zero-order chi connectivity index (χ0) is 41.4. The molecule has 3 aliphatic rings. The highest BCUT2D eigenvalue weighted by atomic mass is 32.2. The van der Waals surface area contributed by atoms with E-state index in [1.165, 1.54) is 110 Å². The van der Waals surface area contributed by atoms with Crippen LogP contribution in [0.3, 0.4) is 0 Å². The number of anilines is 9. The van der Waals surface area contributed by atoms with Crippen LogP contribution >= 0.6 is 69.3 Å². The first-order chi connectivity index (χ1) is 31.2. The van der Waals surface area contributed by atoms with Gasteiger partial charge in [-0.15, -0.1) is 34.0 Å². The number of fused-ring (bicyclic) bond motifs is 6. The Kier molecular flexibility index (Phi) is 9.21. The van der Waals surface area contributed by atoms with Crippen LogP contribution in [0.5, 0.6) is 0 Å². The molecule has 0 bridgehead atoms. The molecule has 0 N–H and O–H groups in total. The molecule has 63 heavy (non-hydrogen) atoms. The lowest BCUT2D eigenvalue weighted by Crippen LogP contribution is -2.13. The van der Waals surface area contributed by atoms with E-state index < -0.39 is 0 Å². The monoisotopic (exact) mass is 915 g/mol. The van der Waals surface area contributed by atoms with Crippen LogP contribution in [0.4, 0.5) is 49.1 Å². The summed E-state index contributed by atoms with van der Waals surface area (Å²) in [6.45, 7) is 0. The molecule has 0 spiro atoms. The summed E-state index contributed by atoms with van der Waals surface area (Å²) in [6.07, 6.45) is 0. The maximum Gasteiger partial charge on any atom is 0.101 e. The number of nitrogens with zero attached hydrogens (tertiary/aromatic N) is 3. The predicted molar refractivity (Wildman–Crippen MR) is 273 cm³/mol. The Labute approximate surface area is 390 Å². The Morgan fingerprint density at radius 2 is 0.460 bits per heavy atom. The highest BCUT2D eigenvalue weighted by Gasteiger charge is 2.29. The fourth-order valence-corrected chi connectivity index (χ4v) is 14.9. The van der Waals surface area contributed by atoms with Crippen LogP contribution in [-0.2, 0) is 0 Å². The van der Waals surface area contributed by atoms with E-state index in [-0.39, 0.29) is 0 Å². The van der Waals surface area contributed by atoms with Gasteiger partial charge in [0.1, 0.15) is 15.0 Å². The normalized spacial score (nSPS) is 13.4. The number of rotatable bonds is 6. The smallest absolute Gasteiger partial charge is 0.101 e. The minimum atomic E-state index is 1.20. The molecule has 7 aromatic carbocycles. The van der Waals surface area contributed by atoms with E-state index in [2.05, 4.69) is 215 Å². The van der Waals surface area contributed by atoms with E-state index in [0.29, 0.717) is 0 Å². The Morgan fingerprint density at radius 3 is 0.698 bits per heavy atom. The first-order valence-corrected chi connectivity index (χ1v) is 25.5. The van der Waals surface area contributed by atoms with Crippen LogP contribution in [0.2, 0.25) is 0 Å². The second-order valence-electron chi connectivity index (χ2n) is 15.3. The van der Waals surface area contributed by atoms with Gasteiger partial charge in [-0.05, 0) is 144 Å². The molecule has 0 fully saturated rings. The molecule has 0 unspecified atom stereocenters. The average Bonchev–Trinajstić information content (AvgIpc) is 4.15. The van der Waals surface area contributed by atoms with Gasteiger partial charge in [0, 0.05) is 44.0 Å². The third kappa shape index (κ3) is 6.48. The number of hydrogen-bond donors (Lipinski definition) is 0. The molecule has 3 aliphatic heterocycles. The van der Waals surface area contributed by atoms with E-state index in [9.17, 15) is 0 Å². The van der Waals surface area contributed by atoms with Crippen LogP contribution in [0.1, 0.15) is 0 Å². The molecule has 3 aromatic heterocycles. The van der Waals surface area contributed by atoms with E-state index in [4.69, 9.17) is 0 Å². The van der Waals surface area contributed by atoms with Crippen LogP contribution in [0.15, 0.2) is 230 Å². The van der Waals surface area contributed by atoms with Gasteiger partial charge in [0.25, 0.3) is 0 Å². The summed E-state index contributed by atoms with van der Waals surface area (Å²) < 4.78 is 0. The number of hydrogen-bond acceptors (Lipinski definition) is 9. The lowest BCUT2D eigenvalue weighted by molar-refractivity contribution is 1.18. The molecule has 0 atom stereocenters. The van der Waals surface area contributed by atoms with Crippen LogP contribution in [-0.4, -0.2) is 0 Å². The molecule has 0 amide bonds. The zero-order valence-corrected chi connectivity index (χ0v) is 38.2. The summed E-state index contributed by atoms with van der Waals surface area (Å²) in [5.41, 5.74) is 11.0. The van der Waals surface area contributed by atoms with Crippen molar-refractivity contribution >= 4 is 118 Å². The fraction of sp³-hybridized carbons (Fsp3) is 0. The largest absolute Gasteiger partial charge is 0.300 e. The lowest BCUT2D eigenvalue weighted by atomic mass is 10.0. The van der Waals surface area contributed by atoms with Crippen molar-refractivity contribution in [3.8, 4) is 31.3 Å². The van der Waals surface area contributed by atoms with Crippen molar-refractivity contribution in [1.82, 2.24) is 0 Å². The van der Waals surface area contributed by atoms with Gasteiger partial charge in [0.15, 0.2) is 0 Å². The molecule has 0 saturated carbocycles. The average molecular weight is 916 g/mol. The van der Waals surface area contributed by atoms with Crippen LogP contribution < -0.4 is 14.7 Å². The Bertz CT molecular complexity index is 2890. The summed E-state index contributed by atoms with van der Waals surface area (Å²) in [6, 6.07) is 73.6. The fourth-order valence-electron chi connectivity index (χ4n) is 8.69. The number of para-hydroxylation sites is 6. The molecule has 300 valence electrons. The molecule has 0 aliphatic carbocycles. The first-order valence-electron chi connectivity index (χ1n) is 20.6. The molecular weight excluding hydrogens is 883 g/mol. The number of benzene rings is 7. The van der Waals surface area contributed by atoms with Gasteiger partial charge in [0.2, 0.25) is 0 Å². The Hall–Kier alpha value is -5.91. The lowest BCUT2D eigenvalue weighted by Gasteiger charge is -2.31. The van der Waals surface area contributed by atoms with Crippen LogP contribution in [0, 0.1) is 0 Å². The van der Waals surface area contributed by atoms with Crippen molar-refractivity contribution in [1.29, 1.82) is 0 Å². The second kappa shape index (κ2) is 15.4. The first kappa shape index (κ1) is 37.6. The van der Waals surface area contributed by atoms with Gasteiger partial charge in [-0.3, -0.25) is 14.7 Å². The summed E-state index contributed by atoms with van der Waals surface area (Å²) in [5, 5.41) is 3.61. The Balaban J connectivity index is 0.942. The SMILES string of the molecule is c1ccc2c(c1)Sc1ccccc1N2c1ccc(-c2cc(-c3ccc(N4c5ccccc5Sc5ccccc54)s3)cc(-c3ccc(N4c5ccccc5Sc5ccccc54)s3)c2)s1. The Morgan fingerprint density at radius 1 is 0.238 bits per heavy atom. The van der Waals surface area contributed by atoms with Crippen LogP contribution in [0.25, 0.3) is 31.3 Å².